The van der Waals surface area contributed by atoms with Crippen molar-refractivity contribution in [1.82, 2.24) is 4.90 Å². The van der Waals surface area contributed by atoms with E-state index in [2.05, 4.69) is 12.1 Å². The molecular weight excluding hydrogens is 300 g/mol. The zero-order chi connectivity index (χ0) is 16.9. The van der Waals surface area contributed by atoms with Gasteiger partial charge in [0, 0.05) is 25.1 Å². The fourth-order valence-electron chi connectivity index (χ4n) is 3.18. The zero-order valence-corrected chi connectivity index (χ0v) is 14.1. The topological polar surface area (TPSA) is 55.6 Å². The molecule has 2 aromatic rings. The van der Waals surface area contributed by atoms with Crippen LogP contribution in [0.1, 0.15) is 27.9 Å². The van der Waals surface area contributed by atoms with E-state index in [9.17, 15) is 4.79 Å². The van der Waals surface area contributed by atoms with E-state index in [-0.39, 0.29) is 11.9 Å². The minimum Gasteiger partial charge on any atom is -0.493 e. The zero-order valence-electron chi connectivity index (χ0n) is 14.1. The highest BCUT2D eigenvalue weighted by Gasteiger charge is 2.23. The van der Waals surface area contributed by atoms with Gasteiger partial charge in [-0.1, -0.05) is 36.4 Å². The second-order valence-corrected chi connectivity index (χ2v) is 6.26. The third-order valence-corrected chi connectivity index (χ3v) is 4.63. The third kappa shape index (κ3) is 3.60. The maximum atomic E-state index is 12.9. The third-order valence-electron chi connectivity index (χ3n) is 4.63. The Hall–Kier alpha value is -2.33. The molecule has 1 heterocycles. The van der Waals surface area contributed by atoms with E-state index >= 15 is 0 Å². The monoisotopic (exact) mass is 324 g/mol. The molecule has 0 saturated carbocycles. The van der Waals surface area contributed by atoms with Crippen LogP contribution in [0.2, 0.25) is 0 Å². The number of carbonyl (C=O) groups excluding carboxylic acids is 1. The van der Waals surface area contributed by atoms with Crippen LogP contribution in [0.25, 0.3) is 0 Å². The van der Waals surface area contributed by atoms with E-state index in [1.165, 1.54) is 11.1 Å². The summed E-state index contributed by atoms with van der Waals surface area (Å²) in [4.78, 5) is 14.7. The Kier molecular flexibility index (Phi) is 5.16. The van der Waals surface area contributed by atoms with Gasteiger partial charge in [0.05, 0.1) is 6.61 Å². The van der Waals surface area contributed by atoms with E-state index in [0.717, 1.165) is 25.0 Å². The van der Waals surface area contributed by atoms with Crippen molar-refractivity contribution < 1.29 is 9.53 Å². The molecular formula is C20H24N2O2. The van der Waals surface area contributed by atoms with Gasteiger partial charge in [-0.15, -0.1) is 0 Å². The first-order chi connectivity index (χ1) is 11.7. The van der Waals surface area contributed by atoms with Gasteiger partial charge in [-0.05, 0) is 42.6 Å². The molecule has 0 aromatic heterocycles. The molecule has 1 amide bonds. The fraction of sp³-hybridized carbons (Fsp3) is 0.350. The van der Waals surface area contributed by atoms with E-state index in [4.69, 9.17) is 10.5 Å². The summed E-state index contributed by atoms with van der Waals surface area (Å²) < 4.78 is 5.58. The van der Waals surface area contributed by atoms with Crippen LogP contribution in [0.15, 0.2) is 48.5 Å². The van der Waals surface area contributed by atoms with Crippen LogP contribution in [0.4, 0.5) is 0 Å². The minimum absolute atomic E-state index is 0.0164. The van der Waals surface area contributed by atoms with Gasteiger partial charge in [0.15, 0.2) is 0 Å². The number of nitrogens with zero attached hydrogens (tertiary/aromatic N) is 1. The predicted octanol–water partition coefficient (Wildman–Crippen LogP) is 2.65. The number of hydrogen-bond acceptors (Lipinski definition) is 3. The molecule has 1 aliphatic heterocycles. The molecule has 2 N–H and O–H groups in total. The molecule has 1 unspecified atom stereocenters. The van der Waals surface area contributed by atoms with Crippen molar-refractivity contribution in [3.8, 4) is 5.75 Å². The SMILES string of the molecule is CN(C(=O)c1ccc2c(c1)OCC2)C(CCN)Cc1ccccc1. The first-order valence-electron chi connectivity index (χ1n) is 8.46. The second kappa shape index (κ2) is 7.49. The van der Waals surface area contributed by atoms with Crippen molar-refractivity contribution in [2.24, 2.45) is 5.73 Å². The van der Waals surface area contributed by atoms with Crippen molar-refractivity contribution in [2.45, 2.75) is 25.3 Å². The number of nitrogens with two attached hydrogens (primary N) is 1. The lowest BCUT2D eigenvalue weighted by Crippen LogP contribution is -2.39. The average molecular weight is 324 g/mol. The number of hydrogen-bond donors (Lipinski definition) is 1. The Bertz CT molecular complexity index is 700. The van der Waals surface area contributed by atoms with Crippen molar-refractivity contribution in [2.75, 3.05) is 20.2 Å². The molecule has 0 radical (unpaired) electrons. The Morgan fingerprint density at radius 2 is 2.04 bits per heavy atom. The van der Waals surface area contributed by atoms with Crippen molar-refractivity contribution >= 4 is 5.91 Å². The van der Waals surface area contributed by atoms with E-state index in [1.54, 1.807) is 0 Å². The first kappa shape index (κ1) is 16.5. The predicted molar refractivity (Wildman–Crippen MR) is 95.3 cm³/mol. The molecule has 0 bridgehead atoms. The smallest absolute Gasteiger partial charge is 0.253 e. The number of fused-ring (bicyclic) bond motifs is 1. The van der Waals surface area contributed by atoms with Gasteiger partial charge < -0.3 is 15.4 Å². The van der Waals surface area contributed by atoms with Crippen LogP contribution >= 0.6 is 0 Å². The molecule has 126 valence electrons. The summed E-state index contributed by atoms with van der Waals surface area (Å²) in [6, 6.07) is 16.1. The highest BCUT2D eigenvalue weighted by Crippen LogP contribution is 2.27. The highest BCUT2D eigenvalue weighted by molar-refractivity contribution is 5.94. The molecule has 0 spiro atoms. The lowest BCUT2D eigenvalue weighted by Gasteiger charge is -2.28. The van der Waals surface area contributed by atoms with Gasteiger partial charge in [-0.2, -0.15) is 0 Å². The number of likely N-dealkylation sites (N-methyl/N-ethyl adjacent to an activating group) is 1. The summed E-state index contributed by atoms with van der Waals surface area (Å²) in [6.45, 7) is 1.26. The van der Waals surface area contributed by atoms with Crippen molar-refractivity contribution in [3.05, 3.63) is 65.2 Å². The van der Waals surface area contributed by atoms with Gasteiger partial charge in [-0.25, -0.2) is 0 Å². The van der Waals surface area contributed by atoms with Crippen LogP contribution in [0.5, 0.6) is 5.75 Å². The standard InChI is InChI=1S/C20H24N2O2/c1-22(18(9-11-21)13-15-5-3-2-4-6-15)20(23)17-8-7-16-10-12-24-19(16)14-17/h2-8,14,18H,9-13,21H2,1H3. The lowest BCUT2D eigenvalue weighted by atomic mass is 10.0. The number of ether oxygens (including phenoxy) is 1. The number of rotatable bonds is 6. The summed E-state index contributed by atoms with van der Waals surface area (Å²) in [5.74, 6) is 0.857. The van der Waals surface area contributed by atoms with Gasteiger partial charge in [0.25, 0.3) is 5.91 Å². The summed E-state index contributed by atoms with van der Waals surface area (Å²) in [5.41, 5.74) is 8.84. The Balaban J connectivity index is 1.76. The van der Waals surface area contributed by atoms with Gasteiger partial charge in [0.1, 0.15) is 5.75 Å². The maximum Gasteiger partial charge on any atom is 0.253 e. The minimum atomic E-state index is 0.0164. The Labute approximate surface area is 143 Å². The molecule has 4 heteroatoms. The quantitative estimate of drug-likeness (QED) is 0.889. The summed E-state index contributed by atoms with van der Waals surface area (Å²) in [7, 11) is 1.86. The Morgan fingerprint density at radius 3 is 2.79 bits per heavy atom. The molecule has 2 aromatic carbocycles. The first-order valence-corrected chi connectivity index (χ1v) is 8.46. The molecule has 0 aliphatic carbocycles. The number of amides is 1. The van der Waals surface area contributed by atoms with Crippen molar-refractivity contribution in [3.63, 3.8) is 0 Å². The fourth-order valence-corrected chi connectivity index (χ4v) is 3.18. The molecule has 0 fully saturated rings. The average Bonchev–Trinajstić information content (AvgIpc) is 3.08. The molecule has 1 atom stereocenters. The molecule has 0 saturated heterocycles. The lowest BCUT2D eigenvalue weighted by molar-refractivity contribution is 0.0725. The maximum absolute atomic E-state index is 12.9. The van der Waals surface area contributed by atoms with E-state index < -0.39 is 0 Å². The summed E-state index contributed by atoms with van der Waals surface area (Å²) >= 11 is 0. The number of carbonyl (C=O) groups is 1. The molecule has 24 heavy (non-hydrogen) atoms. The highest BCUT2D eigenvalue weighted by atomic mass is 16.5. The van der Waals surface area contributed by atoms with E-state index in [1.807, 2.05) is 48.3 Å². The van der Waals surface area contributed by atoms with Gasteiger partial charge in [0.2, 0.25) is 0 Å². The van der Waals surface area contributed by atoms with Crippen LogP contribution in [-0.4, -0.2) is 37.0 Å². The Morgan fingerprint density at radius 1 is 1.25 bits per heavy atom. The molecule has 3 rings (SSSR count). The van der Waals surface area contributed by atoms with Gasteiger partial charge >= 0.3 is 0 Å². The largest absolute Gasteiger partial charge is 0.493 e. The number of benzene rings is 2. The molecule has 1 aliphatic rings. The van der Waals surface area contributed by atoms with E-state index in [0.29, 0.717) is 18.7 Å². The van der Waals surface area contributed by atoms with Crippen LogP contribution in [0.3, 0.4) is 0 Å². The summed E-state index contributed by atoms with van der Waals surface area (Å²) in [5, 5.41) is 0. The van der Waals surface area contributed by atoms with Gasteiger partial charge in [-0.3, -0.25) is 4.79 Å². The second-order valence-electron chi connectivity index (χ2n) is 6.26. The van der Waals surface area contributed by atoms with Crippen molar-refractivity contribution in [1.29, 1.82) is 0 Å². The van der Waals surface area contributed by atoms with Crippen LogP contribution in [-0.2, 0) is 12.8 Å². The summed E-state index contributed by atoms with van der Waals surface area (Å²) in [6.07, 6.45) is 2.50. The molecule has 4 nitrogen and oxygen atoms in total. The van der Waals surface area contributed by atoms with Crippen LogP contribution in [0, 0.1) is 0 Å². The normalized spacial score (nSPS) is 13.9. The van der Waals surface area contributed by atoms with Crippen LogP contribution < -0.4 is 10.5 Å².